The monoisotopic (exact) mass is 471 g/mol. The molecular formula is C24H30ClN5O3. The van der Waals surface area contributed by atoms with E-state index in [0.29, 0.717) is 18.3 Å². The normalized spacial score (nSPS) is 21.4. The van der Waals surface area contributed by atoms with Crippen molar-refractivity contribution in [2.45, 2.75) is 44.4 Å². The number of hydrogen-bond acceptors (Lipinski definition) is 7. The number of anilines is 1. The van der Waals surface area contributed by atoms with E-state index in [1.165, 1.54) is 11.6 Å². The smallest absolute Gasteiger partial charge is 0.267 e. The molecule has 2 fully saturated rings. The van der Waals surface area contributed by atoms with Crippen LogP contribution in [0.2, 0.25) is 5.02 Å². The lowest BCUT2D eigenvalue weighted by Crippen LogP contribution is -2.32. The maximum atomic E-state index is 11.9. The summed E-state index contributed by atoms with van der Waals surface area (Å²) in [6.07, 6.45) is 10.9. The molecule has 0 saturated carbocycles. The number of amides is 1. The van der Waals surface area contributed by atoms with Crippen LogP contribution in [-0.2, 0) is 20.8 Å². The Morgan fingerprint density at radius 1 is 1.21 bits per heavy atom. The summed E-state index contributed by atoms with van der Waals surface area (Å²) in [7, 11) is 0. The van der Waals surface area contributed by atoms with E-state index >= 15 is 0 Å². The molecule has 9 heteroatoms. The summed E-state index contributed by atoms with van der Waals surface area (Å²) < 4.78 is 5.41. The first-order valence-electron chi connectivity index (χ1n) is 11.4. The standard InChI is InChI=1S/C24H30ClN5O3/c25-19-6-4-18(5-7-19)10-12-30-13-11-21(17-30)28-22-16-26-20(15-27-22)8-9-23(31)29-33-24-3-1-2-14-32-24/h4-9,15-16,21,24H,1-3,10-14,17H2,(H,27,28)(H,29,31)/t21-,24?/m1/s1. The summed E-state index contributed by atoms with van der Waals surface area (Å²) in [5.41, 5.74) is 4.28. The van der Waals surface area contributed by atoms with Crippen molar-refractivity contribution in [3.05, 3.63) is 59.0 Å². The molecule has 1 unspecified atom stereocenters. The highest BCUT2D eigenvalue weighted by atomic mass is 35.5. The summed E-state index contributed by atoms with van der Waals surface area (Å²) in [5.74, 6) is 0.372. The van der Waals surface area contributed by atoms with Crippen molar-refractivity contribution in [1.82, 2.24) is 20.3 Å². The van der Waals surface area contributed by atoms with Gasteiger partial charge in [-0.2, -0.15) is 0 Å². The van der Waals surface area contributed by atoms with Crippen LogP contribution >= 0.6 is 11.6 Å². The van der Waals surface area contributed by atoms with Gasteiger partial charge in [0.1, 0.15) is 5.82 Å². The van der Waals surface area contributed by atoms with E-state index in [9.17, 15) is 4.79 Å². The molecule has 4 rings (SSSR count). The first-order chi connectivity index (χ1) is 16.1. The third-order valence-corrected chi connectivity index (χ3v) is 6.01. The number of hydrogen-bond donors (Lipinski definition) is 2. The van der Waals surface area contributed by atoms with Crippen LogP contribution < -0.4 is 10.8 Å². The molecule has 2 saturated heterocycles. The molecule has 2 aliphatic heterocycles. The van der Waals surface area contributed by atoms with Crippen molar-refractivity contribution in [3.8, 4) is 0 Å². The zero-order valence-electron chi connectivity index (χ0n) is 18.6. The van der Waals surface area contributed by atoms with Crippen LogP contribution in [0, 0.1) is 0 Å². The van der Waals surface area contributed by atoms with Crippen LogP contribution in [0.1, 0.15) is 36.9 Å². The van der Waals surface area contributed by atoms with Gasteiger partial charge in [-0.25, -0.2) is 15.3 Å². The Balaban J connectivity index is 1.16. The number of benzene rings is 1. The Morgan fingerprint density at radius 2 is 2.09 bits per heavy atom. The molecule has 8 nitrogen and oxygen atoms in total. The SMILES string of the molecule is O=C(C=Cc1cnc(N[C@@H]2CCN(CCc3ccc(Cl)cc3)C2)cn1)NOC1CCCCO1. The molecule has 2 aromatic rings. The quantitative estimate of drug-likeness (QED) is 0.427. The lowest BCUT2D eigenvalue weighted by atomic mass is 10.1. The summed E-state index contributed by atoms with van der Waals surface area (Å²) in [5, 5.41) is 4.23. The number of carbonyl (C=O) groups excluding carboxylic acids is 1. The minimum Gasteiger partial charge on any atom is -0.365 e. The van der Waals surface area contributed by atoms with Gasteiger partial charge >= 0.3 is 0 Å². The number of nitrogens with zero attached hydrogens (tertiary/aromatic N) is 3. The predicted octanol–water partition coefficient (Wildman–Crippen LogP) is 3.45. The molecular weight excluding hydrogens is 442 g/mol. The first kappa shape index (κ1) is 23.6. The van der Waals surface area contributed by atoms with Crippen molar-refractivity contribution in [2.75, 3.05) is 31.6 Å². The molecule has 176 valence electrons. The third-order valence-electron chi connectivity index (χ3n) is 5.76. The van der Waals surface area contributed by atoms with Gasteiger partial charge in [0.25, 0.3) is 5.91 Å². The van der Waals surface area contributed by atoms with Gasteiger partial charge < -0.3 is 15.0 Å². The fourth-order valence-electron chi connectivity index (χ4n) is 3.92. The van der Waals surface area contributed by atoms with E-state index in [2.05, 4.69) is 37.8 Å². The predicted molar refractivity (Wildman–Crippen MR) is 128 cm³/mol. The summed E-state index contributed by atoms with van der Waals surface area (Å²) in [4.78, 5) is 28.4. The van der Waals surface area contributed by atoms with Crippen molar-refractivity contribution < 1.29 is 14.4 Å². The topological polar surface area (TPSA) is 88.6 Å². The highest BCUT2D eigenvalue weighted by Crippen LogP contribution is 2.16. The summed E-state index contributed by atoms with van der Waals surface area (Å²) >= 11 is 5.96. The van der Waals surface area contributed by atoms with Crippen LogP contribution in [0.25, 0.3) is 6.08 Å². The van der Waals surface area contributed by atoms with Crippen LogP contribution in [0.4, 0.5) is 5.82 Å². The van der Waals surface area contributed by atoms with Gasteiger partial charge in [-0.3, -0.25) is 9.78 Å². The lowest BCUT2D eigenvalue weighted by Gasteiger charge is -2.21. The summed E-state index contributed by atoms with van der Waals surface area (Å²) in [6.45, 7) is 3.72. The van der Waals surface area contributed by atoms with Crippen molar-refractivity contribution in [1.29, 1.82) is 0 Å². The molecule has 0 aliphatic carbocycles. The van der Waals surface area contributed by atoms with Gasteiger partial charge in [0.05, 0.1) is 18.1 Å². The van der Waals surface area contributed by atoms with Crippen LogP contribution in [-0.4, -0.2) is 59.3 Å². The molecule has 2 aliphatic rings. The minimum absolute atomic E-state index is 0.343. The molecule has 1 aromatic carbocycles. The van der Waals surface area contributed by atoms with E-state index < -0.39 is 0 Å². The number of nitrogens with one attached hydrogen (secondary N) is 2. The van der Waals surface area contributed by atoms with E-state index in [1.54, 1.807) is 18.5 Å². The Bertz CT molecular complexity index is 917. The number of likely N-dealkylation sites (tertiary alicyclic amines) is 1. The molecule has 1 amide bonds. The average molecular weight is 472 g/mol. The summed E-state index contributed by atoms with van der Waals surface area (Å²) in [6, 6.07) is 8.39. The van der Waals surface area contributed by atoms with E-state index in [0.717, 1.165) is 62.6 Å². The molecule has 3 heterocycles. The number of ether oxygens (including phenoxy) is 1. The van der Waals surface area contributed by atoms with Gasteiger partial charge in [0.15, 0.2) is 6.29 Å². The van der Waals surface area contributed by atoms with Gasteiger partial charge in [-0.05, 0) is 49.5 Å². The van der Waals surface area contributed by atoms with Gasteiger partial charge in [-0.15, -0.1) is 0 Å². The first-order valence-corrected chi connectivity index (χ1v) is 11.8. The number of rotatable bonds is 9. The molecule has 0 spiro atoms. The number of aromatic nitrogens is 2. The highest BCUT2D eigenvalue weighted by Gasteiger charge is 2.22. The lowest BCUT2D eigenvalue weighted by molar-refractivity contribution is -0.198. The molecule has 33 heavy (non-hydrogen) atoms. The second kappa shape index (κ2) is 12.1. The zero-order valence-corrected chi connectivity index (χ0v) is 19.3. The molecule has 0 bridgehead atoms. The molecule has 0 radical (unpaired) electrons. The van der Waals surface area contributed by atoms with Gasteiger partial charge in [-0.1, -0.05) is 23.7 Å². The van der Waals surface area contributed by atoms with E-state index in [4.69, 9.17) is 21.2 Å². The highest BCUT2D eigenvalue weighted by molar-refractivity contribution is 6.30. The zero-order chi connectivity index (χ0) is 22.9. The fraction of sp³-hybridized carbons (Fsp3) is 0.458. The molecule has 2 N–H and O–H groups in total. The molecule has 1 aromatic heterocycles. The van der Waals surface area contributed by atoms with Crippen LogP contribution in [0.5, 0.6) is 0 Å². The third kappa shape index (κ3) is 7.78. The Hall–Kier alpha value is -2.52. The maximum Gasteiger partial charge on any atom is 0.267 e. The van der Waals surface area contributed by atoms with Crippen molar-refractivity contribution in [3.63, 3.8) is 0 Å². The Labute approximate surface area is 199 Å². The minimum atomic E-state index is -0.370. The Morgan fingerprint density at radius 3 is 2.85 bits per heavy atom. The van der Waals surface area contributed by atoms with Crippen LogP contribution in [0.15, 0.2) is 42.7 Å². The number of carbonyl (C=O) groups is 1. The fourth-order valence-corrected chi connectivity index (χ4v) is 4.05. The van der Waals surface area contributed by atoms with Crippen molar-refractivity contribution in [2.24, 2.45) is 0 Å². The Kier molecular flexibility index (Phi) is 8.65. The maximum absolute atomic E-state index is 11.9. The van der Waals surface area contributed by atoms with Crippen molar-refractivity contribution >= 4 is 29.4 Å². The molecule has 2 atom stereocenters. The van der Waals surface area contributed by atoms with Gasteiger partial charge in [0.2, 0.25) is 0 Å². The van der Waals surface area contributed by atoms with E-state index in [-0.39, 0.29) is 12.2 Å². The van der Waals surface area contributed by atoms with E-state index in [1.807, 2.05) is 12.1 Å². The number of halogens is 1. The van der Waals surface area contributed by atoms with Gasteiger partial charge in [0, 0.05) is 49.8 Å². The second-order valence-corrected chi connectivity index (χ2v) is 8.78. The largest absolute Gasteiger partial charge is 0.365 e. The van der Waals surface area contributed by atoms with Crippen LogP contribution in [0.3, 0.4) is 0 Å². The average Bonchev–Trinajstić information content (AvgIpc) is 3.30. The second-order valence-electron chi connectivity index (χ2n) is 8.35. The number of hydroxylamine groups is 1.